The lowest BCUT2D eigenvalue weighted by Gasteiger charge is -2.02. The van der Waals surface area contributed by atoms with E-state index < -0.39 is 0 Å². The predicted octanol–water partition coefficient (Wildman–Crippen LogP) is 3.37. The number of nitrogens with one attached hydrogen (secondary N) is 1. The summed E-state index contributed by atoms with van der Waals surface area (Å²) in [6.45, 7) is 4.24. The quantitative estimate of drug-likeness (QED) is 0.822. The molecule has 0 atom stereocenters. The molecular weight excluding hydrogens is 249 g/mol. The highest BCUT2D eigenvalue weighted by molar-refractivity contribution is 9.10. The number of hydrogen-bond acceptors (Lipinski definition) is 1. The highest BCUT2D eigenvalue weighted by Crippen LogP contribution is 2.09. The Kier molecular flexibility index (Phi) is 7.33. The Labute approximate surface area is 94.5 Å². The maximum atomic E-state index is 3.41. The van der Waals surface area contributed by atoms with Crippen molar-refractivity contribution < 1.29 is 0 Å². The fourth-order valence-corrected chi connectivity index (χ4v) is 1.28. The van der Waals surface area contributed by atoms with Crippen LogP contribution in [0.2, 0.25) is 0 Å². The van der Waals surface area contributed by atoms with Gasteiger partial charge in [-0.25, -0.2) is 0 Å². The third-order valence-corrected chi connectivity index (χ3v) is 2.20. The maximum Gasteiger partial charge on any atom is 0.0205 e. The molecule has 1 nitrogen and oxygen atoms in total. The van der Waals surface area contributed by atoms with Crippen LogP contribution in [0.15, 0.2) is 28.7 Å². The van der Waals surface area contributed by atoms with E-state index in [1.165, 1.54) is 12.0 Å². The van der Waals surface area contributed by atoms with Gasteiger partial charge in [-0.1, -0.05) is 35.0 Å². The molecule has 13 heavy (non-hydrogen) atoms. The van der Waals surface area contributed by atoms with Crippen LogP contribution < -0.4 is 5.32 Å². The van der Waals surface area contributed by atoms with Gasteiger partial charge in [0, 0.05) is 11.0 Å². The molecule has 1 aromatic rings. The molecule has 74 valence electrons. The minimum atomic E-state index is 0. The summed E-state index contributed by atoms with van der Waals surface area (Å²) >= 11 is 3.41. The van der Waals surface area contributed by atoms with Gasteiger partial charge in [0.25, 0.3) is 0 Å². The van der Waals surface area contributed by atoms with Gasteiger partial charge in [0.2, 0.25) is 0 Å². The second-order valence-corrected chi connectivity index (χ2v) is 3.72. The van der Waals surface area contributed by atoms with Crippen molar-refractivity contribution in [3.63, 3.8) is 0 Å². The highest BCUT2D eigenvalue weighted by Gasteiger charge is 1.90. The number of halogens is 2. The molecule has 0 saturated heterocycles. The van der Waals surface area contributed by atoms with Gasteiger partial charge in [-0.05, 0) is 30.7 Å². The summed E-state index contributed by atoms with van der Waals surface area (Å²) in [5, 5.41) is 3.36. The van der Waals surface area contributed by atoms with Crippen LogP contribution in [-0.4, -0.2) is 6.54 Å². The first-order valence-electron chi connectivity index (χ1n) is 4.28. The third-order valence-electron chi connectivity index (χ3n) is 1.67. The van der Waals surface area contributed by atoms with Gasteiger partial charge in [-0.15, -0.1) is 12.4 Å². The second-order valence-electron chi connectivity index (χ2n) is 2.80. The van der Waals surface area contributed by atoms with Crippen LogP contribution in [0.3, 0.4) is 0 Å². The Morgan fingerprint density at radius 2 is 1.85 bits per heavy atom. The maximum absolute atomic E-state index is 3.41. The lowest BCUT2D eigenvalue weighted by Crippen LogP contribution is -2.13. The van der Waals surface area contributed by atoms with Crippen molar-refractivity contribution in [1.82, 2.24) is 5.32 Å². The van der Waals surface area contributed by atoms with Crippen molar-refractivity contribution in [1.29, 1.82) is 0 Å². The van der Waals surface area contributed by atoms with Crippen LogP contribution in [0.5, 0.6) is 0 Å². The van der Waals surface area contributed by atoms with Gasteiger partial charge >= 0.3 is 0 Å². The molecule has 0 aromatic heterocycles. The molecule has 0 radical (unpaired) electrons. The first kappa shape index (κ1) is 12.9. The van der Waals surface area contributed by atoms with Gasteiger partial charge in [-0.2, -0.15) is 0 Å². The smallest absolute Gasteiger partial charge is 0.0205 e. The van der Waals surface area contributed by atoms with Gasteiger partial charge in [0.1, 0.15) is 0 Å². The van der Waals surface area contributed by atoms with Crippen molar-refractivity contribution >= 4 is 28.3 Å². The summed E-state index contributed by atoms with van der Waals surface area (Å²) in [5.74, 6) is 0. The van der Waals surface area contributed by atoms with E-state index in [2.05, 4.69) is 52.4 Å². The summed E-state index contributed by atoms with van der Waals surface area (Å²) in [4.78, 5) is 0. The molecule has 0 fully saturated rings. The zero-order chi connectivity index (χ0) is 8.81. The van der Waals surface area contributed by atoms with E-state index in [0.29, 0.717) is 0 Å². The molecule has 1 N–H and O–H groups in total. The molecule has 0 spiro atoms. The van der Waals surface area contributed by atoms with Gasteiger partial charge < -0.3 is 5.32 Å². The second kappa shape index (κ2) is 7.36. The van der Waals surface area contributed by atoms with E-state index in [4.69, 9.17) is 0 Å². The molecule has 0 heterocycles. The fraction of sp³-hybridized carbons (Fsp3) is 0.400. The summed E-state index contributed by atoms with van der Waals surface area (Å²) < 4.78 is 1.14. The molecule has 0 saturated carbocycles. The first-order chi connectivity index (χ1) is 5.83. The number of hydrogen-bond donors (Lipinski definition) is 1. The van der Waals surface area contributed by atoms with E-state index in [1.54, 1.807) is 0 Å². The first-order valence-corrected chi connectivity index (χ1v) is 5.07. The van der Waals surface area contributed by atoms with Gasteiger partial charge in [-0.3, -0.25) is 0 Å². The van der Waals surface area contributed by atoms with E-state index >= 15 is 0 Å². The summed E-state index contributed by atoms with van der Waals surface area (Å²) in [6, 6.07) is 8.41. The van der Waals surface area contributed by atoms with Crippen LogP contribution in [0.1, 0.15) is 18.9 Å². The number of benzene rings is 1. The molecule has 0 aliphatic heterocycles. The topological polar surface area (TPSA) is 12.0 Å². The Hall–Kier alpha value is -0.0500. The fourth-order valence-electron chi connectivity index (χ4n) is 1.01. The zero-order valence-corrected chi connectivity index (χ0v) is 10.1. The molecule has 0 bridgehead atoms. The monoisotopic (exact) mass is 263 g/mol. The van der Waals surface area contributed by atoms with Crippen molar-refractivity contribution in [2.75, 3.05) is 6.54 Å². The molecule has 0 aliphatic carbocycles. The highest BCUT2D eigenvalue weighted by atomic mass is 79.9. The van der Waals surface area contributed by atoms with Crippen molar-refractivity contribution in [3.05, 3.63) is 34.3 Å². The van der Waals surface area contributed by atoms with Crippen LogP contribution in [0.4, 0.5) is 0 Å². The molecule has 0 amide bonds. The SMILES string of the molecule is CCCNCc1ccc(Br)cc1.Cl. The predicted molar refractivity (Wildman–Crippen MR) is 63.4 cm³/mol. The van der Waals surface area contributed by atoms with E-state index in [1.807, 2.05) is 0 Å². The Bertz CT molecular complexity index is 223. The molecule has 0 unspecified atom stereocenters. The Balaban J connectivity index is 0.00000144. The lowest BCUT2D eigenvalue weighted by atomic mass is 10.2. The standard InChI is InChI=1S/C10H14BrN.ClH/c1-2-7-12-8-9-3-5-10(11)6-4-9;/h3-6,12H,2,7-8H2,1H3;1H. The van der Waals surface area contributed by atoms with Crippen molar-refractivity contribution in [3.8, 4) is 0 Å². The molecule has 1 rings (SSSR count). The van der Waals surface area contributed by atoms with E-state index in [0.717, 1.165) is 17.6 Å². The van der Waals surface area contributed by atoms with E-state index in [-0.39, 0.29) is 12.4 Å². The minimum absolute atomic E-state index is 0. The Morgan fingerprint density at radius 3 is 2.38 bits per heavy atom. The molecule has 0 aliphatic rings. The van der Waals surface area contributed by atoms with Gasteiger partial charge in [0.05, 0.1) is 0 Å². The average Bonchev–Trinajstić information content (AvgIpc) is 2.09. The Morgan fingerprint density at radius 1 is 1.23 bits per heavy atom. The molecular formula is C10H15BrClN. The van der Waals surface area contributed by atoms with Gasteiger partial charge in [0.15, 0.2) is 0 Å². The van der Waals surface area contributed by atoms with Crippen molar-refractivity contribution in [2.45, 2.75) is 19.9 Å². The largest absolute Gasteiger partial charge is 0.313 e. The number of rotatable bonds is 4. The van der Waals surface area contributed by atoms with Crippen molar-refractivity contribution in [2.24, 2.45) is 0 Å². The van der Waals surface area contributed by atoms with Crippen LogP contribution in [0.25, 0.3) is 0 Å². The molecule has 1 aromatic carbocycles. The summed E-state index contributed by atoms with van der Waals surface area (Å²) in [6.07, 6.45) is 1.19. The average molecular weight is 265 g/mol. The third kappa shape index (κ3) is 5.29. The van der Waals surface area contributed by atoms with Crippen LogP contribution in [-0.2, 0) is 6.54 Å². The van der Waals surface area contributed by atoms with E-state index in [9.17, 15) is 0 Å². The lowest BCUT2D eigenvalue weighted by molar-refractivity contribution is 0.675. The van der Waals surface area contributed by atoms with Crippen LogP contribution in [0, 0.1) is 0 Å². The normalized spacial score (nSPS) is 9.38. The summed E-state index contributed by atoms with van der Waals surface area (Å²) in [5.41, 5.74) is 1.34. The van der Waals surface area contributed by atoms with Crippen LogP contribution >= 0.6 is 28.3 Å². The molecule has 3 heteroatoms. The minimum Gasteiger partial charge on any atom is -0.313 e. The zero-order valence-electron chi connectivity index (χ0n) is 7.72. The summed E-state index contributed by atoms with van der Waals surface area (Å²) in [7, 11) is 0.